The number of hydrogen-bond donors (Lipinski definition) is 2. The van der Waals surface area contributed by atoms with E-state index >= 15 is 0 Å². The van der Waals surface area contributed by atoms with E-state index in [-0.39, 0.29) is 6.04 Å². The number of nitrogens with two attached hydrogens (primary N) is 2. The van der Waals surface area contributed by atoms with E-state index in [0.29, 0.717) is 11.9 Å². The van der Waals surface area contributed by atoms with Crippen molar-refractivity contribution in [2.24, 2.45) is 11.5 Å². The van der Waals surface area contributed by atoms with E-state index in [2.05, 4.69) is 121 Å². The highest BCUT2D eigenvalue weighted by molar-refractivity contribution is 7.89. The third-order valence-corrected chi connectivity index (χ3v) is 12.0. The first-order valence-electron chi connectivity index (χ1n) is 11.0. The Morgan fingerprint density at radius 1 is 0.500 bits per heavy atom. The number of benzene rings is 4. The fourth-order valence-electron chi connectivity index (χ4n) is 4.03. The van der Waals surface area contributed by atoms with Gasteiger partial charge in [0, 0.05) is 18.0 Å². The molecule has 1 unspecified atom stereocenters. The van der Waals surface area contributed by atoms with Gasteiger partial charge in [0.2, 0.25) is 0 Å². The van der Waals surface area contributed by atoms with Gasteiger partial charge < -0.3 is 11.5 Å². The third-order valence-electron chi connectivity index (χ3n) is 5.55. The standard InChI is InChI=1S/C28H30N2P2/c29-22-23(30)21-28(31(24-13-5-1-6-14-24)25-15-7-2-8-16-25)32(26-17-9-3-10-18-26)27-19-11-4-12-20-27/h1-20,23,28H,21-22,29-30H2. The van der Waals surface area contributed by atoms with Gasteiger partial charge in [-0.15, -0.1) is 0 Å². The van der Waals surface area contributed by atoms with E-state index in [4.69, 9.17) is 11.5 Å². The minimum absolute atomic E-state index is 0.0325. The normalized spacial score (nSPS) is 12.4. The summed E-state index contributed by atoms with van der Waals surface area (Å²) in [5.41, 5.74) is 12.6. The van der Waals surface area contributed by atoms with Crippen LogP contribution in [0.2, 0.25) is 0 Å². The lowest BCUT2D eigenvalue weighted by molar-refractivity contribution is 0.651. The highest BCUT2D eigenvalue weighted by Crippen LogP contribution is 2.57. The minimum Gasteiger partial charge on any atom is -0.329 e. The molecule has 4 N–H and O–H groups in total. The molecule has 162 valence electrons. The predicted molar refractivity (Wildman–Crippen MR) is 144 cm³/mol. The van der Waals surface area contributed by atoms with Gasteiger partial charge in [0.15, 0.2) is 0 Å². The van der Waals surface area contributed by atoms with Gasteiger partial charge in [0.25, 0.3) is 0 Å². The fraction of sp³-hybridized carbons (Fsp3) is 0.143. The summed E-state index contributed by atoms with van der Waals surface area (Å²) in [7, 11) is -1.29. The van der Waals surface area contributed by atoms with Crippen molar-refractivity contribution in [1.29, 1.82) is 0 Å². The molecule has 0 spiro atoms. The molecule has 0 bridgehead atoms. The van der Waals surface area contributed by atoms with E-state index in [1.54, 1.807) is 0 Å². The highest BCUT2D eigenvalue weighted by atomic mass is 31.2. The lowest BCUT2D eigenvalue weighted by Gasteiger charge is -2.37. The van der Waals surface area contributed by atoms with E-state index in [9.17, 15) is 0 Å². The lowest BCUT2D eigenvalue weighted by atomic mass is 10.2. The highest BCUT2D eigenvalue weighted by Gasteiger charge is 2.34. The summed E-state index contributed by atoms with van der Waals surface area (Å²) in [4.78, 5) is 0. The van der Waals surface area contributed by atoms with Gasteiger partial charge in [-0.1, -0.05) is 121 Å². The van der Waals surface area contributed by atoms with Crippen molar-refractivity contribution in [2.75, 3.05) is 6.54 Å². The van der Waals surface area contributed by atoms with Crippen LogP contribution in [0.15, 0.2) is 121 Å². The fourth-order valence-corrected chi connectivity index (χ4v) is 11.5. The molecule has 0 radical (unpaired) electrons. The molecule has 0 saturated heterocycles. The maximum atomic E-state index is 6.56. The molecule has 0 aliphatic rings. The Labute approximate surface area is 194 Å². The second-order valence-electron chi connectivity index (χ2n) is 7.79. The second kappa shape index (κ2) is 11.5. The molecule has 0 aliphatic carbocycles. The van der Waals surface area contributed by atoms with Crippen molar-refractivity contribution in [3.05, 3.63) is 121 Å². The zero-order valence-electron chi connectivity index (χ0n) is 18.2. The quantitative estimate of drug-likeness (QED) is 0.370. The molecule has 32 heavy (non-hydrogen) atoms. The molecule has 0 saturated carbocycles. The van der Waals surface area contributed by atoms with Crippen molar-refractivity contribution in [2.45, 2.75) is 17.9 Å². The second-order valence-corrected chi connectivity index (χ2v) is 13.0. The number of rotatable bonds is 9. The van der Waals surface area contributed by atoms with Crippen LogP contribution in [0.3, 0.4) is 0 Å². The monoisotopic (exact) mass is 456 g/mol. The Hall–Kier alpha value is -2.34. The lowest BCUT2D eigenvalue weighted by Crippen LogP contribution is -2.37. The Morgan fingerprint density at radius 3 is 1.03 bits per heavy atom. The molecule has 4 rings (SSSR count). The summed E-state index contributed by atoms with van der Waals surface area (Å²) < 4.78 is 0. The number of hydrogen-bond acceptors (Lipinski definition) is 2. The summed E-state index contributed by atoms with van der Waals surface area (Å²) >= 11 is 0. The summed E-state index contributed by atoms with van der Waals surface area (Å²) in [5.74, 6) is 0. The zero-order chi connectivity index (χ0) is 22.2. The van der Waals surface area contributed by atoms with Gasteiger partial charge in [-0.25, -0.2) is 0 Å². The van der Waals surface area contributed by atoms with Crippen LogP contribution in [-0.4, -0.2) is 18.0 Å². The maximum absolute atomic E-state index is 6.56. The van der Waals surface area contributed by atoms with Gasteiger partial charge in [0.05, 0.1) is 0 Å². The molecular weight excluding hydrogens is 426 g/mol. The first kappa shape index (κ1) is 22.8. The van der Waals surface area contributed by atoms with Crippen molar-refractivity contribution >= 4 is 37.1 Å². The predicted octanol–water partition coefficient (Wildman–Crippen LogP) is 4.25. The third kappa shape index (κ3) is 5.52. The van der Waals surface area contributed by atoms with E-state index in [1.807, 2.05) is 0 Å². The van der Waals surface area contributed by atoms with Crippen LogP contribution in [0.1, 0.15) is 6.42 Å². The van der Waals surface area contributed by atoms with Crippen LogP contribution in [-0.2, 0) is 0 Å². The van der Waals surface area contributed by atoms with Gasteiger partial charge in [-0.3, -0.25) is 0 Å². The van der Waals surface area contributed by atoms with E-state index < -0.39 is 15.8 Å². The SMILES string of the molecule is NCC(N)CC(P(c1ccccc1)c1ccccc1)P(c1ccccc1)c1ccccc1. The first-order valence-corrected chi connectivity index (χ1v) is 13.8. The topological polar surface area (TPSA) is 52.0 Å². The molecule has 4 aromatic carbocycles. The largest absolute Gasteiger partial charge is 0.329 e. The van der Waals surface area contributed by atoms with Gasteiger partial charge in [-0.2, -0.15) is 0 Å². The summed E-state index contributed by atoms with van der Waals surface area (Å²) in [6.07, 6.45) is 0.890. The average Bonchev–Trinajstić information content (AvgIpc) is 2.87. The van der Waals surface area contributed by atoms with Crippen molar-refractivity contribution in [3.63, 3.8) is 0 Å². The van der Waals surface area contributed by atoms with Crippen LogP contribution in [0.4, 0.5) is 0 Å². The minimum atomic E-state index is -0.646. The molecule has 0 aliphatic heterocycles. The van der Waals surface area contributed by atoms with Crippen LogP contribution in [0, 0.1) is 0 Å². The molecule has 0 amide bonds. The molecule has 2 nitrogen and oxygen atoms in total. The van der Waals surface area contributed by atoms with Gasteiger partial charge in [0.1, 0.15) is 0 Å². The maximum Gasteiger partial charge on any atom is 0.0172 e. The Bertz CT molecular complexity index is 898. The van der Waals surface area contributed by atoms with E-state index in [1.165, 1.54) is 21.2 Å². The molecular formula is C28H30N2P2. The van der Waals surface area contributed by atoms with Crippen molar-refractivity contribution in [1.82, 2.24) is 0 Å². The molecule has 1 atom stereocenters. The summed E-state index contributed by atoms with van der Waals surface area (Å²) in [6.45, 7) is 0.496. The molecule has 0 heterocycles. The van der Waals surface area contributed by atoms with Crippen LogP contribution in [0.5, 0.6) is 0 Å². The van der Waals surface area contributed by atoms with Crippen LogP contribution < -0.4 is 32.7 Å². The molecule has 4 aromatic rings. The molecule has 4 heteroatoms. The van der Waals surface area contributed by atoms with Gasteiger partial charge in [-0.05, 0) is 43.5 Å². The Balaban J connectivity index is 1.92. The van der Waals surface area contributed by atoms with Crippen LogP contribution in [0.25, 0.3) is 0 Å². The van der Waals surface area contributed by atoms with Gasteiger partial charge >= 0.3 is 0 Å². The van der Waals surface area contributed by atoms with E-state index in [0.717, 1.165) is 6.42 Å². The molecule has 0 fully saturated rings. The molecule has 0 aromatic heterocycles. The smallest absolute Gasteiger partial charge is 0.0172 e. The zero-order valence-corrected chi connectivity index (χ0v) is 20.0. The van der Waals surface area contributed by atoms with Crippen LogP contribution >= 0.6 is 15.8 Å². The van der Waals surface area contributed by atoms with Crippen molar-refractivity contribution < 1.29 is 0 Å². The summed E-state index contributed by atoms with van der Waals surface area (Å²) in [6, 6.07) is 43.8. The summed E-state index contributed by atoms with van der Waals surface area (Å²) in [5, 5.41) is 5.93. The Morgan fingerprint density at radius 2 is 0.781 bits per heavy atom. The average molecular weight is 457 g/mol. The Kier molecular flexibility index (Phi) is 8.21. The van der Waals surface area contributed by atoms with Crippen molar-refractivity contribution in [3.8, 4) is 0 Å². The first-order chi connectivity index (χ1) is 15.8.